The van der Waals surface area contributed by atoms with Crippen LogP contribution in [0.3, 0.4) is 0 Å². The molecular formula is C81H130NO8P. The number of phosphoric acid groups is 1. The van der Waals surface area contributed by atoms with Gasteiger partial charge in [0.15, 0.2) is 6.10 Å². The van der Waals surface area contributed by atoms with Gasteiger partial charge in [-0.1, -0.05) is 311 Å². The van der Waals surface area contributed by atoms with Crippen LogP contribution in [0.25, 0.3) is 0 Å². The molecule has 0 aromatic rings. The third-order valence-electron chi connectivity index (χ3n) is 14.5. The lowest BCUT2D eigenvalue weighted by atomic mass is 10.0. The van der Waals surface area contributed by atoms with E-state index in [1.165, 1.54) is 89.9 Å². The highest BCUT2D eigenvalue weighted by Gasteiger charge is 2.26. The molecule has 0 fully saturated rings. The molecule has 0 bridgehead atoms. The second-order valence-corrected chi connectivity index (χ2v) is 24.4. The molecular weight excluding hydrogens is 1150 g/mol. The topological polar surface area (TPSA) is 134 Å². The molecule has 0 amide bonds. The van der Waals surface area contributed by atoms with Gasteiger partial charge in [0, 0.05) is 19.4 Å². The van der Waals surface area contributed by atoms with Crippen molar-refractivity contribution in [2.24, 2.45) is 5.73 Å². The van der Waals surface area contributed by atoms with Gasteiger partial charge in [-0.25, -0.2) is 4.57 Å². The molecule has 0 radical (unpaired) electrons. The lowest BCUT2D eigenvalue weighted by molar-refractivity contribution is -0.161. The zero-order chi connectivity index (χ0) is 65.8. The molecule has 0 aromatic carbocycles. The fraction of sp³-hybridized carbons (Fsp3) is 0.580. The van der Waals surface area contributed by atoms with Gasteiger partial charge < -0.3 is 20.1 Å². The number of hydrogen-bond acceptors (Lipinski definition) is 8. The molecule has 0 spiro atoms. The summed E-state index contributed by atoms with van der Waals surface area (Å²) in [4.78, 5) is 35.4. The first kappa shape index (κ1) is 85.8. The summed E-state index contributed by atoms with van der Waals surface area (Å²) < 4.78 is 33.2. The van der Waals surface area contributed by atoms with E-state index in [1.54, 1.807) is 0 Å². The number of rotatable bonds is 65. The zero-order valence-corrected chi connectivity index (χ0v) is 58.4. The van der Waals surface area contributed by atoms with E-state index in [0.29, 0.717) is 6.42 Å². The third kappa shape index (κ3) is 73.8. The highest BCUT2D eigenvalue weighted by Crippen LogP contribution is 2.43. The van der Waals surface area contributed by atoms with Crippen LogP contribution in [-0.4, -0.2) is 49.3 Å². The van der Waals surface area contributed by atoms with E-state index >= 15 is 0 Å². The van der Waals surface area contributed by atoms with Gasteiger partial charge in [-0.3, -0.25) is 18.6 Å². The van der Waals surface area contributed by atoms with Crippen molar-refractivity contribution < 1.29 is 37.6 Å². The quantitative estimate of drug-likeness (QED) is 0.0264. The van der Waals surface area contributed by atoms with Gasteiger partial charge in [0.1, 0.15) is 6.61 Å². The van der Waals surface area contributed by atoms with E-state index in [2.05, 4.69) is 208 Å². The molecule has 2 atom stereocenters. The number of ether oxygens (including phenoxy) is 2. The minimum Gasteiger partial charge on any atom is -0.462 e. The Morgan fingerprint density at radius 2 is 0.571 bits per heavy atom. The Balaban J connectivity index is 3.99. The molecule has 0 aliphatic rings. The number of carbonyl (C=O) groups is 2. The predicted molar refractivity (Wildman–Crippen MR) is 394 cm³/mol. The average Bonchev–Trinajstić information content (AvgIpc) is 3.68. The lowest BCUT2D eigenvalue weighted by Gasteiger charge is -2.19. The summed E-state index contributed by atoms with van der Waals surface area (Å²) in [5.74, 6) is -0.866. The van der Waals surface area contributed by atoms with E-state index in [1.807, 2.05) is 0 Å². The summed E-state index contributed by atoms with van der Waals surface area (Å²) in [5.41, 5.74) is 5.40. The normalized spacial score (nSPS) is 14.1. The summed E-state index contributed by atoms with van der Waals surface area (Å²) in [6.45, 7) is 3.48. The minimum absolute atomic E-state index is 0.0396. The Bertz CT molecular complexity index is 2200. The highest BCUT2D eigenvalue weighted by molar-refractivity contribution is 7.47. The summed E-state index contributed by atoms with van der Waals surface area (Å²) in [6.07, 6.45) is 112. The van der Waals surface area contributed by atoms with Crippen molar-refractivity contribution >= 4 is 19.8 Å². The largest absolute Gasteiger partial charge is 0.472 e. The van der Waals surface area contributed by atoms with Crippen LogP contribution >= 0.6 is 7.82 Å². The Labute approximate surface area is 557 Å². The van der Waals surface area contributed by atoms with Gasteiger partial charge in [-0.15, -0.1) is 0 Å². The summed E-state index contributed by atoms with van der Waals surface area (Å²) >= 11 is 0. The fourth-order valence-electron chi connectivity index (χ4n) is 9.26. The smallest absolute Gasteiger partial charge is 0.462 e. The van der Waals surface area contributed by atoms with Crippen LogP contribution < -0.4 is 5.73 Å². The van der Waals surface area contributed by atoms with E-state index in [0.717, 1.165) is 148 Å². The monoisotopic (exact) mass is 1280 g/mol. The second kappa shape index (κ2) is 73.9. The van der Waals surface area contributed by atoms with Gasteiger partial charge in [-0.2, -0.15) is 0 Å². The second-order valence-electron chi connectivity index (χ2n) is 23.0. The number of carbonyl (C=O) groups excluding carboxylic acids is 2. The molecule has 0 heterocycles. The van der Waals surface area contributed by atoms with E-state index in [4.69, 9.17) is 24.3 Å². The van der Waals surface area contributed by atoms with Crippen LogP contribution in [0.15, 0.2) is 194 Å². The van der Waals surface area contributed by atoms with Gasteiger partial charge in [-0.05, 0) is 141 Å². The van der Waals surface area contributed by atoms with Crippen molar-refractivity contribution in [1.82, 2.24) is 0 Å². The standard InChI is InChI=1S/C81H130NO8P/c1-3-5-7-9-11-13-15-17-19-21-23-25-27-29-31-33-35-37-39-41-43-45-47-49-51-53-55-57-59-61-63-65-67-69-71-73-80(83)87-77-79(78-89-91(85,86)88-76-75-82)90-81(84)74-72-70-68-66-64-62-60-58-56-54-52-50-48-46-44-42-40-38-36-34-32-30-28-26-24-22-20-18-16-14-12-10-8-6-4-2/h5-8,11-14,17-20,23-26,29-32,35-38,42,44,48,50,54,56,60,62,79H,3-4,9-10,15-16,21-22,27-28,33-34,39-41,43,45-47,49,51-53,55,57-59,61,63-78,82H2,1-2H3,(H,85,86)/b7-5-,8-6-,13-11-,14-12-,19-17-,20-18-,25-23-,26-24-,31-29-,32-30-,37-35-,38-36-,44-42-,50-48-,56-54-,62-60-. The zero-order valence-electron chi connectivity index (χ0n) is 57.5. The molecule has 10 heteroatoms. The lowest BCUT2D eigenvalue weighted by Crippen LogP contribution is -2.29. The van der Waals surface area contributed by atoms with Crippen molar-refractivity contribution in [1.29, 1.82) is 0 Å². The number of unbranched alkanes of at least 4 members (excludes halogenated alkanes) is 20. The Kier molecular flexibility index (Phi) is 69.7. The first-order valence-electron chi connectivity index (χ1n) is 35.9. The Hall–Kier alpha value is -5.15. The van der Waals surface area contributed by atoms with Crippen LogP contribution in [0, 0.1) is 0 Å². The number of hydrogen-bond donors (Lipinski definition) is 2. The molecule has 0 aromatic heterocycles. The molecule has 0 aliphatic carbocycles. The van der Waals surface area contributed by atoms with E-state index in [9.17, 15) is 19.0 Å². The summed E-state index contributed by atoms with van der Waals surface area (Å²) in [6, 6.07) is 0. The molecule has 2 unspecified atom stereocenters. The number of phosphoric ester groups is 1. The fourth-order valence-corrected chi connectivity index (χ4v) is 10.0. The molecule has 0 rings (SSSR count). The van der Waals surface area contributed by atoms with E-state index in [-0.39, 0.29) is 32.6 Å². The van der Waals surface area contributed by atoms with Crippen molar-refractivity contribution in [3.05, 3.63) is 194 Å². The number of esters is 2. The molecule has 0 saturated heterocycles. The number of nitrogens with two attached hydrogens (primary N) is 1. The van der Waals surface area contributed by atoms with Gasteiger partial charge >= 0.3 is 19.8 Å². The number of allylic oxidation sites excluding steroid dienone is 32. The molecule has 0 saturated carbocycles. The Morgan fingerprint density at radius 1 is 0.330 bits per heavy atom. The van der Waals surface area contributed by atoms with Crippen LogP contribution in [0.2, 0.25) is 0 Å². The van der Waals surface area contributed by atoms with Gasteiger partial charge in [0.05, 0.1) is 13.2 Å². The van der Waals surface area contributed by atoms with E-state index < -0.39 is 32.5 Å². The van der Waals surface area contributed by atoms with Crippen molar-refractivity contribution in [2.45, 2.75) is 277 Å². The molecule has 9 nitrogen and oxygen atoms in total. The van der Waals surface area contributed by atoms with Crippen LogP contribution in [0.1, 0.15) is 271 Å². The van der Waals surface area contributed by atoms with Gasteiger partial charge in [0.2, 0.25) is 0 Å². The Morgan fingerprint density at radius 3 is 0.846 bits per heavy atom. The maximum atomic E-state index is 12.8. The first-order chi connectivity index (χ1) is 44.8. The molecule has 512 valence electrons. The summed E-state index contributed by atoms with van der Waals surface area (Å²) in [7, 11) is -4.42. The van der Waals surface area contributed by atoms with Gasteiger partial charge in [0.25, 0.3) is 0 Å². The van der Waals surface area contributed by atoms with Crippen molar-refractivity contribution in [3.8, 4) is 0 Å². The predicted octanol–water partition coefficient (Wildman–Crippen LogP) is 24.1. The third-order valence-corrected chi connectivity index (χ3v) is 15.5. The SMILES string of the molecule is CC/C=C\C/C=C\C/C=C\C/C=C\C/C=C\C/C=C\C/C=C\C/C=C\C/C=C\C/C=C\CCCCCCC(=O)OC(COC(=O)CCCCCCCCCCCCCCCCCC/C=C\C/C=C\C/C=C\C/C=C\C/C=C\C/C=C\CC)COP(=O)(O)OCCN. The average molecular weight is 1280 g/mol. The van der Waals surface area contributed by atoms with Crippen molar-refractivity contribution in [2.75, 3.05) is 26.4 Å². The van der Waals surface area contributed by atoms with Crippen LogP contribution in [-0.2, 0) is 32.7 Å². The first-order valence-corrected chi connectivity index (χ1v) is 37.4. The van der Waals surface area contributed by atoms with Crippen LogP contribution in [0.5, 0.6) is 0 Å². The maximum absolute atomic E-state index is 12.8. The molecule has 3 N–H and O–H groups in total. The highest BCUT2D eigenvalue weighted by atomic mass is 31.2. The summed E-state index contributed by atoms with van der Waals surface area (Å²) in [5, 5.41) is 0. The minimum atomic E-state index is -4.42. The molecule has 0 aliphatic heterocycles. The molecule has 91 heavy (non-hydrogen) atoms. The van der Waals surface area contributed by atoms with Crippen molar-refractivity contribution in [3.63, 3.8) is 0 Å². The van der Waals surface area contributed by atoms with Crippen LogP contribution in [0.4, 0.5) is 0 Å². The maximum Gasteiger partial charge on any atom is 0.472 e.